The Morgan fingerprint density at radius 3 is 2.00 bits per heavy atom. The average molecular weight is 376 g/mol. The molecule has 0 fully saturated rings. The molecule has 138 valence electrons. The number of hydrogen-bond donors (Lipinski definition) is 0. The molecular weight excluding hydrogens is 366 g/mol. The van der Waals surface area contributed by atoms with Gasteiger partial charge in [0.15, 0.2) is 5.78 Å². The molecule has 0 saturated heterocycles. The highest BCUT2D eigenvalue weighted by Gasteiger charge is 2.60. The second kappa shape index (κ2) is 6.81. The van der Waals surface area contributed by atoms with Crippen LogP contribution in [0.4, 0.5) is 26.3 Å². The summed E-state index contributed by atoms with van der Waals surface area (Å²) in [6, 6.07) is 5.91. The Kier molecular flexibility index (Phi) is 5.11. The normalized spacial score (nSPS) is 12.0. The molecule has 26 heavy (non-hydrogen) atoms. The van der Waals surface area contributed by atoms with Crippen LogP contribution in [0.1, 0.15) is 31.8 Å². The van der Waals surface area contributed by atoms with E-state index in [-0.39, 0.29) is 5.56 Å². The molecular formula is C17H10F6O3. The third kappa shape index (κ3) is 3.42. The van der Waals surface area contributed by atoms with Crippen molar-refractivity contribution in [2.24, 2.45) is 0 Å². The molecule has 0 amide bonds. The molecule has 2 aromatic carbocycles. The number of ketones is 1. The third-order valence-electron chi connectivity index (χ3n) is 3.50. The fourth-order valence-electron chi connectivity index (χ4n) is 2.23. The highest BCUT2D eigenvalue weighted by atomic mass is 19.4. The Morgan fingerprint density at radius 2 is 1.50 bits per heavy atom. The predicted molar refractivity (Wildman–Crippen MR) is 77.6 cm³/mol. The molecule has 2 aromatic rings. The van der Waals surface area contributed by atoms with E-state index in [0.29, 0.717) is 6.07 Å². The first-order valence-electron chi connectivity index (χ1n) is 6.97. The van der Waals surface area contributed by atoms with E-state index in [9.17, 15) is 35.9 Å². The maximum atomic E-state index is 13.8. The van der Waals surface area contributed by atoms with E-state index in [2.05, 4.69) is 4.74 Å². The number of hydrogen-bond acceptors (Lipinski definition) is 3. The number of methoxy groups -OCH3 is 1. The highest BCUT2D eigenvalue weighted by molar-refractivity contribution is 6.15. The molecule has 0 aliphatic rings. The minimum atomic E-state index is -5.99. The lowest BCUT2D eigenvalue weighted by molar-refractivity contribution is -0.289. The van der Waals surface area contributed by atoms with Crippen molar-refractivity contribution in [1.29, 1.82) is 0 Å². The first-order chi connectivity index (χ1) is 12.0. The van der Waals surface area contributed by atoms with Gasteiger partial charge in [-0.1, -0.05) is 18.2 Å². The Bertz CT molecular complexity index is 841. The van der Waals surface area contributed by atoms with Gasteiger partial charge in [0.05, 0.1) is 12.7 Å². The zero-order valence-corrected chi connectivity index (χ0v) is 13.0. The van der Waals surface area contributed by atoms with Gasteiger partial charge in [-0.15, -0.1) is 0 Å². The summed E-state index contributed by atoms with van der Waals surface area (Å²) in [4.78, 5) is 24.4. The summed E-state index contributed by atoms with van der Waals surface area (Å²) in [5.74, 6) is -8.65. The van der Waals surface area contributed by atoms with Gasteiger partial charge in [-0.2, -0.15) is 22.0 Å². The van der Waals surface area contributed by atoms with Crippen LogP contribution < -0.4 is 0 Å². The Labute approximate surface area is 143 Å². The largest absolute Gasteiger partial charge is 0.465 e. The van der Waals surface area contributed by atoms with Gasteiger partial charge in [0.1, 0.15) is 5.82 Å². The van der Waals surface area contributed by atoms with Gasteiger partial charge >= 0.3 is 18.1 Å². The highest BCUT2D eigenvalue weighted by Crippen LogP contribution is 2.45. The molecule has 0 radical (unpaired) electrons. The first kappa shape index (κ1) is 19.5. The summed E-state index contributed by atoms with van der Waals surface area (Å²) in [6.07, 6.45) is -5.99. The fourth-order valence-corrected chi connectivity index (χ4v) is 2.23. The van der Waals surface area contributed by atoms with Crippen molar-refractivity contribution in [3.05, 3.63) is 70.5 Å². The lowest BCUT2D eigenvalue weighted by atomic mass is 9.91. The van der Waals surface area contributed by atoms with Gasteiger partial charge in [0.2, 0.25) is 0 Å². The zero-order valence-electron chi connectivity index (χ0n) is 13.0. The second-order valence-corrected chi connectivity index (χ2v) is 5.13. The lowest BCUT2D eigenvalue weighted by Gasteiger charge is -2.23. The summed E-state index contributed by atoms with van der Waals surface area (Å²) in [5.41, 5.74) is -3.83. The molecule has 0 saturated carbocycles. The number of carbonyl (C=O) groups is 2. The summed E-state index contributed by atoms with van der Waals surface area (Å²) in [6.45, 7) is 0. The molecule has 0 atom stereocenters. The maximum absolute atomic E-state index is 13.8. The SMILES string of the molecule is COC(=O)c1c(C(=O)c2ccc(F)cc2)cccc1C(F)(F)C(F)(F)F. The van der Waals surface area contributed by atoms with Crippen molar-refractivity contribution < 1.29 is 40.7 Å². The number of carbonyl (C=O) groups excluding carboxylic acids is 2. The van der Waals surface area contributed by atoms with Gasteiger partial charge in [0, 0.05) is 16.7 Å². The van der Waals surface area contributed by atoms with Crippen LogP contribution in [0.25, 0.3) is 0 Å². The summed E-state index contributed by atoms with van der Waals surface area (Å²) >= 11 is 0. The van der Waals surface area contributed by atoms with Crippen molar-refractivity contribution in [3.8, 4) is 0 Å². The van der Waals surface area contributed by atoms with Gasteiger partial charge in [0.25, 0.3) is 0 Å². The van der Waals surface area contributed by atoms with Crippen LogP contribution in [-0.2, 0) is 10.7 Å². The van der Waals surface area contributed by atoms with E-state index in [0.717, 1.165) is 43.5 Å². The third-order valence-corrected chi connectivity index (χ3v) is 3.50. The number of benzene rings is 2. The van der Waals surface area contributed by atoms with Crippen LogP contribution in [0.15, 0.2) is 42.5 Å². The monoisotopic (exact) mass is 376 g/mol. The number of esters is 1. The quantitative estimate of drug-likeness (QED) is 0.448. The second-order valence-electron chi connectivity index (χ2n) is 5.13. The van der Waals surface area contributed by atoms with E-state index in [1.807, 2.05) is 0 Å². The summed E-state index contributed by atoms with van der Waals surface area (Å²) in [5, 5.41) is 0. The lowest BCUT2D eigenvalue weighted by Crippen LogP contribution is -2.36. The van der Waals surface area contributed by atoms with Crippen molar-refractivity contribution in [2.45, 2.75) is 12.1 Å². The molecule has 0 unspecified atom stereocenters. The first-order valence-corrected chi connectivity index (χ1v) is 6.97. The zero-order chi connectivity index (χ0) is 19.7. The number of alkyl halides is 5. The van der Waals surface area contributed by atoms with Crippen LogP contribution in [0.2, 0.25) is 0 Å². The van der Waals surface area contributed by atoms with Crippen molar-refractivity contribution >= 4 is 11.8 Å². The van der Waals surface area contributed by atoms with E-state index < -0.39 is 46.4 Å². The molecule has 0 aliphatic carbocycles. The maximum Gasteiger partial charge on any atom is 0.458 e. The molecule has 2 rings (SSSR count). The summed E-state index contributed by atoms with van der Waals surface area (Å²) < 4.78 is 83.1. The van der Waals surface area contributed by atoms with Crippen LogP contribution in [0, 0.1) is 5.82 Å². The molecule has 0 bridgehead atoms. The minimum Gasteiger partial charge on any atom is -0.465 e. The van der Waals surface area contributed by atoms with E-state index in [1.54, 1.807) is 0 Å². The van der Waals surface area contributed by atoms with Crippen LogP contribution in [0.3, 0.4) is 0 Å². The molecule has 0 N–H and O–H groups in total. The van der Waals surface area contributed by atoms with Crippen molar-refractivity contribution in [1.82, 2.24) is 0 Å². The van der Waals surface area contributed by atoms with Crippen LogP contribution in [0.5, 0.6) is 0 Å². The van der Waals surface area contributed by atoms with Gasteiger partial charge in [-0.25, -0.2) is 9.18 Å². The van der Waals surface area contributed by atoms with Crippen LogP contribution in [-0.4, -0.2) is 25.0 Å². The number of rotatable bonds is 4. The molecule has 0 heterocycles. The summed E-state index contributed by atoms with van der Waals surface area (Å²) in [7, 11) is 0.775. The minimum absolute atomic E-state index is 0.205. The molecule has 0 spiro atoms. The van der Waals surface area contributed by atoms with Gasteiger partial charge in [-0.3, -0.25) is 4.79 Å². The average Bonchev–Trinajstić information content (AvgIpc) is 2.59. The standard InChI is InChI=1S/C17H10F6O3/c1-26-15(25)13-11(14(24)9-5-7-10(18)8-6-9)3-2-4-12(13)16(19,20)17(21,22)23/h2-8H,1H3. The van der Waals surface area contributed by atoms with Gasteiger partial charge < -0.3 is 4.74 Å². The molecule has 0 aliphatic heterocycles. The topological polar surface area (TPSA) is 43.4 Å². The Morgan fingerprint density at radius 1 is 0.923 bits per heavy atom. The molecule has 9 heteroatoms. The van der Waals surface area contributed by atoms with E-state index >= 15 is 0 Å². The molecule has 0 aromatic heterocycles. The van der Waals surface area contributed by atoms with Gasteiger partial charge in [-0.05, 0) is 24.3 Å². The Balaban J connectivity index is 2.71. The number of halogens is 6. The predicted octanol–water partition coefficient (Wildman–Crippen LogP) is 4.50. The smallest absolute Gasteiger partial charge is 0.458 e. The van der Waals surface area contributed by atoms with Crippen molar-refractivity contribution in [2.75, 3.05) is 7.11 Å². The van der Waals surface area contributed by atoms with E-state index in [4.69, 9.17) is 0 Å². The van der Waals surface area contributed by atoms with E-state index in [1.165, 1.54) is 0 Å². The van der Waals surface area contributed by atoms with Crippen LogP contribution >= 0.6 is 0 Å². The number of ether oxygens (including phenoxy) is 1. The van der Waals surface area contributed by atoms with Crippen molar-refractivity contribution in [3.63, 3.8) is 0 Å². The molecule has 3 nitrogen and oxygen atoms in total. The Hall–Kier alpha value is -2.84. The fraction of sp³-hybridized carbons (Fsp3) is 0.176.